The van der Waals surface area contributed by atoms with Crippen molar-refractivity contribution in [2.75, 3.05) is 0 Å². The van der Waals surface area contributed by atoms with E-state index in [4.69, 9.17) is 17.5 Å². The summed E-state index contributed by atoms with van der Waals surface area (Å²) in [5, 5.41) is 0. The van der Waals surface area contributed by atoms with E-state index in [1.165, 1.54) is 0 Å². The zero-order chi connectivity index (χ0) is 4.50. The van der Waals surface area contributed by atoms with Gasteiger partial charge in [-0.3, -0.25) is 9.11 Å². The third-order valence-electron chi connectivity index (χ3n) is 0. The minimum atomic E-state index is -4.67. The maximum atomic E-state index is 8.74. The molecular formula is H6CaKNaO4S. The monoisotopic (exact) mass is 204 g/mol. The van der Waals surface area contributed by atoms with Crippen LogP contribution in [-0.2, 0) is 10.4 Å². The molecule has 0 saturated heterocycles. The summed E-state index contributed by atoms with van der Waals surface area (Å²) >= 11 is 0. The first-order chi connectivity index (χ1) is 2.00. The van der Waals surface area contributed by atoms with Crippen LogP contribution in [0.2, 0.25) is 0 Å². The van der Waals surface area contributed by atoms with Crippen LogP contribution >= 0.6 is 0 Å². The van der Waals surface area contributed by atoms with Gasteiger partial charge in [-0.25, -0.2) is 0 Å². The molecule has 0 atom stereocenters. The molecule has 0 radical (unpaired) electrons. The van der Waals surface area contributed by atoms with Gasteiger partial charge >= 0.3 is 129 Å². The molecule has 0 saturated carbocycles. The van der Waals surface area contributed by atoms with Gasteiger partial charge in [0.15, 0.2) is 0 Å². The van der Waals surface area contributed by atoms with Crippen molar-refractivity contribution in [3.63, 3.8) is 0 Å². The van der Waals surface area contributed by atoms with Gasteiger partial charge in [-0.2, -0.15) is 8.42 Å². The molecule has 0 aliphatic rings. The third-order valence-corrected chi connectivity index (χ3v) is 0. The van der Waals surface area contributed by atoms with E-state index in [2.05, 4.69) is 0 Å². The molecule has 2 N–H and O–H groups in total. The van der Waals surface area contributed by atoms with Gasteiger partial charge in [0.25, 0.3) is 0 Å². The molecule has 0 aromatic heterocycles. The molecular weight excluding hydrogens is 198 g/mol. The standard InChI is InChI=1S/Ca.K.Na.H2O4S.4H/c;;;1-5(2,3)4;;;;/h;;;(H2,1,2,3,4);;;;. The Hall–Kier alpha value is 3.77. The van der Waals surface area contributed by atoms with Gasteiger partial charge in [0.05, 0.1) is 0 Å². The quantitative estimate of drug-likeness (QED) is 0.329. The molecule has 0 aliphatic heterocycles. The molecule has 40 valence electrons. The molecule has 4 nitrogen and oxygen atoms in total. The molecule has 8 heavy (non-hydrogen) atoms. The Morgan fingerprint density at radius 3 is 1.12 bits per heavy atom. The summed E-state index contributed by atoms with van der Waals surface area (Å²) in [5.74, 6) is 0. The van der Waals surface area contributed by atoms with Crippen LogP contribution < -0.4 is 0 Å². The van der Waals surface area contributed by atoms with Crippen molar-refractivity contribution in [3.8, 4) is 0 Å². The van der Waals surface area contributed by atoms with E-state index in [0.717, 1.165) is 0 Å². The molecule has 8 heteroatoms. The van der Waals surface area contributed by atoms with Crippen molar-refractivity contribution >= 4 is 129 Å². The summed E-state index contributed by atoms with van der Waals surface area (Å²) in [6.07, 6.45) is 0. The fourth-order valence-electron chi connectivity index (χ4n) is 0. The van der Waals surface area contributed by atoms with E-state index >= 15 is 0 Å². The predicted octanol–water partition coefficient (Wildman–Crippen LogP) is -2.87. The number of rotatable bonds is 0. The average molecular weight is 204 g/mol. The van der Waals surface area contributed by atoms with Crippen LogP contribution in [0.15, 0.2) is 0 Å². The van der Waals surface area contributed by atoms with Gasteiger partial charge < -0.3 is 0 Å². The average Bonchev–Trinajstić information content (AvgIpc) is 0.722. The summed E-state index contributed by atoms with van der Waals surface area (Å²) in [5.41, 5.74) is 0. The summed E-state index contributed by atoms with van der Waals surface area (Å²) < 4.78 is 31.6. The molecule has 0 spiro atoms. The first kappa shape index (κ1) is 22.6. The van der Waals surface area contributed by atoms with Crippen molar-refractivity contribution in [2.45, 2.75) is 0 Å². The van der Waals surface area contributed by atoms with Gasteiger partial charge in [-0.15, -0.1) is 0 Å². The van der Waals surface area contributed by atoms with E-state index < -0.39 is 10.4 Å². The molecule has 0 rings (SSSR count). The summed E-state index contributed by atoms with van der Waals surface area (Å²) in [6.45, 7) is 0. The molecule has 0 aliphatic carbocycles. The van der Waals surface area contributed by atoms with Crippen LogP contribution in [-0.4, -0.2) is 136 Å². The van der Waals surface area contributed by atoms with Crippen LogP contribution in [0.3, 0.4) is 0 Å². The number of hydrogen-bond donors (Lipinski definition) is 2. The fourth-order valence-corrected chi connectivity index (χ4v) is 0. The summed E-state index contributed by atoms with van der Waals surface area (Å²) in [6, 6.07) is 0. The Labute approximate surface area is 142 Å². The zero-order valence-corrected chi connectivity index (χ0v) is 2.94. The Balaban J connectivity index is -0.0000000267. The third kappa shape index (κ3) is 52.9. The second kappa shape index (κ2) is 10.8. The van der Waals surface area contributed by atoms with E-state index in [1.807, 2.05) is 0 Å². The predicted molar refractivity (Wildman–Crippen MR) is 37.0 cm³/mol. The van der Waals surface area contributed by atoms with Crippen molar-refractivity contribution in [1.29, 1.82) is 0 Å². The summed E-state index contributed by atoms with van der Waals surface area (Å²) in [4.78, 5) is 0. The molecule has 0 bridgehead atoms. The van der Waals surface area contributed by atoms with Crippen LogP contribution in [0.4, 0.5) is 0 Å². The summed E-state index contributed by atoms with van der Waals surface area (Å²) in [7, 11) is -4.67. The van der Waals surface area contributed by atoms with E-state index in [-0.39, 0.29) is 119 Å². The molecule has 0 aromatic rings. The Bertz CT molecular complexity index is 99.2. The SMILES string of the molecule is O=S(=O)(O)O.[CaH2].[KH].[NaH]. The second-order valence-corrected chi connectivity index (χ2v) is 1.34. The minimum absolute atomic E-state index is 0. The van der Waals surface area contributed by atoms with Crippen LogP contribution in [0.25, 0.3) is 0 Å². The molecule has 0 heterocycles. The zero-order valence-electron chi connectivity index (χ0n) is 2.12. The Kier molecular flexibility index (Phi) is 30.4. The molecule has 0 aromatic carbocycles. The molecule has 0 amide bonds. The Morgan fingerprint density at radius 1 is 1.12 bits per heavy atom. The first-order valence-corrected chi connectivity index (χ1v) is 2.10. The van der Waals surface area contributed by atoms with Gasteiger partial charge in [0.2, 0.25) is 0 Å². The van der Waals surface area contributed by atoms with E-state index in [1.54, 1.807) is 0 Å². The van der Waals surface area contributed by atoms with Gasteiger partial charge in [-0.1, -0.05) is 0 Å². The van der Waals surface area contributed by atoms with E-state index in [9.17, 15) is 0 Å². The van der Waals surface area contributed by atoms with Gasteiger partial charge in [0.1, 0.15) is 0 Å². The van der Waals surface area contributed by atoms with Crippen LogP contribution in [0.5, 0.6) is 0 Å². The van der Waals surface area contributed by atoms with Crippen molar-refractivity contribution in [3.05, 3.63) is 0 Å². The van der Waals surface area contributed by atoms with Gasteiger partial charge in [-0.05, 0) is 0 Å². The molecule has 0 unspecified atom stereocenters. The van der Waals surface area contributed by atoms with Gasteiger partial charge in [0, 0.05) is 0 Å². The first-order valence-electron chi connectivity index (χ1n) is 0.698. The van der Waals surface area contributed by atoms with Crippen LogP contribution in [0, 0.1) is 0 Å². The second-order valence-electron chi connectivity index (χ2n) is 0.448. The Morgan fingerprint density at radius 2 is 1.12 bits per heavy atom. The normalized spacial score (nSPS) is 7.25. The van der Waals surface area contributed by atoms with E-state index in [0.29, 0.717) is 0 Å². The van der Waals surface area contributed by atoms with Crippen molar-refractivity contribution < 1.29 is 17.5 Å². The number of hydrogen-bond acceptors (Lipinski definition) is 2. The maximum absolute atomic E-state index is 8.74. The molecule has 0 fully saturated rings. The fraction of sp³-hybridized carbons (Fsp3) is 0. The van der Waals surface area contributed by atoms with Crippen molar-refractivity contribution in [2.24, 2.45) is 0 Å². The van der Waals surface area contributed by atoms with Crippen LogP contribution in [0.1, 0.15) is 0 Å². The topological polar surface area (TPSA) is 74.6 Å². The van der Waals surface area contributed by atoms with Crippen molar-refractivity contribution in [1.82, 2.24) is 0 Å².